The van der Waals surface area contributed by atoms with Crippen LogP contribution >= 0.6 is 12.2 Å². The summed E-state index contributed by atoms with van der Waals surface area (Å²) in [4.78, 5) is 24.7. The van der Waals surface area contributed by atoms with Gasteiger partial charge in [0.25, 0.3) is 0 Å². The monoisotopic (exact) mass is 315 g/mol. The molecule has 0 spiro atoms. The van der Waals surface area contributed by atoms with E-state index in [1.54, 1.807) is 6.92 Å². The number of nitrogens with two attached hydrogens (primary N) is 1. The SMILES string of the molecule is CC(NC(=O)C1(C(N)=S)CCOCC1)C(=O)NC(C)(C)C. The standard InChI is InChI=1S/C14H25N3O3S/c1-9(10(18)17-13(2,3)4)16-12(19)14(11(15)21)5-7-20-8-6-14/h9H,5-8H2,1-4H3,(H2,15,21)(H,16,19)(H,17,18). The van der Waals surface area contributed by atoms with Crippen molar-refractivity contribution in [2.45, 2.75) is 52.1 Å². The summed E-state index contributed by atoms with van der Waals surface area (Å²) in [6, 6.07) is -0.647. The van der Waals surface area contributed by atoms with Crippen molar-refractivity contribution < 1.29 is 14.3 Å². The smallest absolute Gasteiger partial charge is 0.242 e. The topological polar surface area (TPSA) is 93.5 Å². The van der Waals surface area contributed by atoms with E-state index < -0.39 is 11.5 Å². The fraction of sp³-hybridized carbons (Fsp3) is 0.786. The first-order valence-corrected chi connectivity index (χ1v) is 7.50. The molecule has 120 valence electrons. The van der Waals surface area contributed by atoms with E-state index >= 15 is 0 Å². The number of carbonyl (C=O) groups is 2. The Hall–Kier alpha value is -1.21. The van der Waals surface area contributed by atoms with Crippen molar-refractivity contribution in [2.24, 2.45) is 11.1 Å². The first-order chi connectivity index (χ1) is 9.58. The normalized spacial score (nSPS) is 19.4. The molecule has 6 nitrogen and oxygen atoms in total. The van der Waals surface area contributed by atoms with E-state index in [0.29, 0.717) is 26.1 Å². The average molecular weight is 315 g/mol. The van der Waals surface area contributed by atoms with Crippen LogP contribution in [0.2, 0.25) is 0 Å². The summed E-state index contributed by atoms with van der Waals surface area (Å²) in [5.41, 5.74) is 4.51. The third kappa shape index (κ3) is 4.64. The Balaban J connectivity index is 2.74. The Morgan fingerprint density at radius 2 is 1.81 bits per heavy atom. The van der Waals surface area contributed by atoms with Crippen LogP contribution in [-0.2, 0) is 14.3 Å². The fourth-order valence-corrected chi connectivity index (χ4v) is 2.48. The number of amides is 2. The van der Waals surface area contributed by atoms with Crippen molar-refractivity contribution in [3.63, 3.8) is 0 Å². The van der Waals surface area contributed by atoms with E-state index in [9.17, 15) is 9.59 Å². The minimum atomic E-state index is -0.913. The van der Waals surface area contributed by atoms with Gasteiger partial charge in [-0.2, -0.15) is 0 Å². The minimum absolute atomic E-state index is 0.159. The number of nitrogens with one attached hydrogen (secondary N) is 2. The maximum atomic E-state index is 12.5. The zero-order chi connectivity index (χ0) is 16.3. The van der Waals surface area contributed by atoms with Crippen molar-refractivity contribution in [3.8, 4) is 0 Å². The molecule has 1 unspecified atom stereocenters. The predicted molar refractivity (Wildman–Crippen MR) is 84.8 cm³/mol. The number of ether oxygens (including phenoxy) is 1. The lowest BCUT2D eigenvalue weighted by Crippen LogP contribution is -2.57. The van der Waals surface area contributed by atoms with Gasteiger partial charge in [0.15, 0.2) is 0 Å². The lowest BCUT2D eigenvalue weighted by atomic mass is 9.79. The third-order valence-electron chi connectivity index (χ3n) is 3.49. The number of rotatable bonds is 4. The van der Waals surface area contributed by atoms with Crippen molar-refractivity contribution >= 4 is 29.0 Å². The highest BCUT2D eigenvalue weighted by Crippen LogP contribution is 2.31. The van der Waals surface area contributed by atoms with Gasteiger partial charge < -0.3 is 21.1 Å². The molecule has 1 rings (SSSR count). The van der Waals surface area contributed by atoms with Crippen LogP contribution in [0.15, 0.2) is 0 Å². The van der Waals surface area contributed by atoms with Crippen molar-refractivity contribution in [2.75, 3.05) is 13.2 Å². The molecule has 0 aromatic heterocycles. The van der Waals surface area contributed by atoms with E-state index in [1.807, 2.05) is 20.8 Å². The van der Waals surface area contributed by atoms with Gasteiger partial charge in [-0.25, -0.2) is 0 Å². The van der Waals surface area contributed by atoms with Gasteiger partial charge in [-0.15, -0.1) is 0 Å². The highest BCUT2D eigenvalue weighted by molar-refractivity contribution is 7.80. The Morgan fingerprint density at radius 1 is 1.29 bits per heavy atom. The third-order valence-corrected chi connectivity index (χ3v) is 3.88. The first-order valence-electron chi connectivity index (χ1n) is 7.09. The molecule has 0 aromatic carbocycles. The van der Waals surface area contributed by atoms with Crippen LogP contribution in [0.3, 0.4) is 0 Å². The second kappa shape index (κ2) is 6.70. The summed E-state index contributed by atoms with van der Waals surface area (Å²) in [5.74, 6) is -0.532. The molecule has 0 aliphatic carbocycles. The maximum Gasteiger partial charge on any atom is 0.242 e. The molecular weight excluding hydrogens is 290 g/mol. The molecule has 1 fully saturated rings. The Kier molecular flexibility index (Phi) is 5.69. The molecule has 0 radical (unpaired) electrons. The first kappa shape index (κ1) is 17.8. The highest BCUT2D eigenvalue weighted by atomic mass is 32.1. The van der Waals surface area contributed by atoms with Gasteiger partial charge in [0.1, 0.15) is 11.5 Å². The zero-order valence-corrected chi connectivity index (χ0v) is 13.9. The van der Waals surface area contributed by atoms with Crippen LogP contribution < -0.4 is 16.4 Å². The lowest BCUT2D eigenvalue weighted by molar-refractivity contribution is -0.135. The summed E-state index contributed by atoms with van der Waals surface area (Å²) in [6.45, 7) is 8.17. The van der Waals surface area contributed by atoms with Gasteiger partial charge in [-0.3, -0.25) is 9.59 Å². The van der Waals surface area contributed by atoms with E-state index in [-0.39, 0.29) is 22.3 Å². The lowest BCUT2D eigenvalue weighted by Gasteiger charge is -2.35. The molecule has 21 heavy (non-hydrogen) atoms. The van der Waals surface area contributed by atoms with Crippen molar-refractivity contribution in [3.05, 3.63) is 0 Å². The van der Waals surface area contributed by atoms with E-state index in [1.165, 1.54) is 0 Å². The summed E-state index contributed by atoms with van der Waals surface area (Å²) in [7, 11) is 0. The highest BCUT2D eigenvalue weighted by Gasteiger charge is 2.43. The van der Waals surface area contributed by atoms with Crippen LogP contribution in [-0.4, -0.2) is 41.6 Å². The van der Waals surface area contributed by atoms with Crippen LogP contribution in [0.5, 0.6) is 0 Å². The molecule has 1 heterocycles. The van der Waals surface area contributed by atoms with Crippen LogP contribution in [0.25, 0.3) is 0 Å². The number of hydrogen-bond donors (Lipinski definition) is 3. The maximum absolute atomic E-state index is 12.5. The average Bonchev–Trinajstić information content (AvgIpc) is 2.37. The van der Waals surface area contributed by atoms with Gasteiger partial charge in [0, 0.05) is 18.8 Å². The molecule has 1 saturated heterocycles. The molecule has 2 amide bonds. The molecule has 1 atom stereocenters. The van der Waals surface area contributed by atoms with E-state index in [2.05, 4.69) is 10.6 Å². The summed E-state index contributed by atoms with van der Waals surface area (Å²) in [6.07, 6.45) is 0.892. The van der Waals surface area contributed by atoms with Crippen LogP contribution in [0, 0.1) is 5.41 Å². The molecule has 0 saturated carbocycles. The van der Waals surface area contributed by atoms with Gasteiger partial charge in [0.05, 0.1) is 4.99 Å². The van der Waals surface area contributed by atoms with Gasteiger partial charge in [-0.05, 0) is 40.5 Å². The van der Waals surface area contributed by atoms with Crippen molar-refractivity contribution in [1.29, 1.82) is 0 Å². The number of thiocarbonyl (C=S) groups is 1. The van der Waals surface area contributed by atoms with Gasteiger partial charge >= 0.3 is 0 Å². The predicted octanol–water partition coefficient (Wildman–Crippen LogP) is 0.489. The van der Waals surface area contributed by atoms with E-state index in [0.717, 1.165) is 0 Å². The fourth-order valence-electron chi connectivity index (χ4n) is 2.18. The minimum Gasteiger partial charge on any atom is -0.392 e. The van der Waals surface area contributed by atoms with Gasteiger partial charge in [-0.1, -0.05) is 12.2 Å². The quantitative estimate of drug-likeness (QED) is 0.657. The summed E-state index contributed by atoms with van der Waals surface area (Å²) < 4.78 is 5.27. The van der Waals surface area contributed by atoms with Gasteiger partial charge in [0.2, 0.25) is 11.8 Å². The van der Waals surface area contributed by atoms with Crippen molar-refractivity contribution in [1.82, 2.24) is 10.6 Å². The molecule has 7 heteroatoms. The largest absolute Gasteiger partial charge is 0.392 e. The Labute approximate surface area is 131 Å². The number of carbonyl (C=O) groups excluding carboxylic acids is 2. The molecule has 4 N–H and O–H groups in total. The van der Waals surface area contributed by atoms with E-state index in [4.69, 9.17) is 22.7 Å². The Bertz CT molecular complexity index is 426. The summed E-state index contributed by atoms with van der Waals surface area (Å²) in [5, 5.41) is 5.55. The molecule has 1 aliphatic rings. The summed E-state index contributed by atoms with van der Waals surface area (Å²) >= 11 is 5.07. The van der Waals surface area contributed by atoms with Crippen LogP contribution in [0.4, 0.5) is 0 Å². The van der Waals surface area contributed by atoms with Crippen LogP contribution in [0.1, 0.15) is 40.5 Å². The molecule has 0 aromatic rings. The second-order valence-corrected chi connectivity index (χ2v) is 6.93. The number of hydrogen-bond acceptors (Lipinski definition) is 4. The molecule has 1 aliphatic heterocycles. The molecular formula is C14H25N3O3S. The zero-order valence-electron chi connectivity index (χ0n) is 13.1. The molecule has 0 bridgehead atoms. The second-order valence-electron chi connectivity index (χ2n) is 6.49. The Morgan fingerprint density at radius 3 is 2.24 bits per heavy atom.